The van der Waals surface area contributed by atoms with Crippen LogP contribution in [0, 0.1) is 11.5 Å². The van der Waals surface area contributed by atoms with Crippen molar-refractivity contribution in [2.75, 3.05) is 0 Å². The average Bonchev–Trinajstić information content (AvgIpc) is 2.67. The van der Waals surface area contributed by atoms with Gasteiger partial charge in [-0.05, 0) is 11.5 Å². The molecule has 1 aromatic heterocycles. The normalized spacial score (nSPS) is 10.9. The van der Waals surface area contributed by atoms with Crippen LogP contribution in [0.25, 0.3) is 0 Å². The Hall–Kier alpha value is -1.79. The molecular formula is C16H21N2Si+. The molecule has 2 rings (SSSR count). The van der Waals surface area contributed by atoms with Crippen molar-refractivity contribution in [1.29, 1.82) is 0 Å². The lowest BCUT2D eigenvalue weighted by Crippen LogP contribution is -2.31. The SMILES string of the molecule is Cn1c[n+](Cc2ccccc2)cc1C#C[Si](C)(C)C. The van der Waals surface area contributed by atoms with E-state index in [1.54, 1.807) is 0 Å². The minimum Gasteiger partial charge on any atom is -0.231 e. The summed E-state index contributed by atoms with van der Waals surface area (Å²) in [5.74, 6) is 3.31. The molecule has 0 unspecified atom stereocenters. The van der Waals surface area contributed by atoms with Gasteiger partial charge in [0.05, 0.1) is 7.05 Å². The molecule has 98 valence electrons. The molecule has 2 nitrogen and oxygen atoms in total. The summed E-state index contributed by atoms with van der Waals surface area (Å²) < 4.78 is 4.28. The van der Waals surface area contributed by atoms with Crippen LogP contribution in [-0.2, 0) is 13.6 Å². The number of rotatable bonds is 2. The molecule has 0 radical (unpaired) electrons. The molecule has 0 saturated carbocycles. The zero-order chi connectivity index (χ0) is 13.9. The Labute approximate surface area is 116 Å². The monoisotopic (exact) mass is 269 g/mol. The van der Waals surface area contributed by atoms with Crippen molar-refractivity contribution < 1.29 is 4.57 Å². The van der Waals surface area contributed by atoms with E-state index in [-0.39, 0.29) is 0 Å². The lowest BCUT2D eigenvalue weighted by molar-refractivity contribution is -0.687. The highest BCUT2D eigenvalue weighted by molar-refractivity contribution is 6.83. The van der Waals surface area contributed by atoms with Crippen molar-refractivity contribution >= 4 is 8.07 Å². The van der Waals surface area contributed by atoms with Crippen LogP contribution in [0.5, 0.6) is 0 Å². The van der Waals surface area contributed by atoms with Crippen molar-refractivity contribution in [3.8, 4) is 11.5 Å². The summed E-state index contributed by atoms with van der Waals surface area (Å²) in [5.41, 5.74) is 5.80. The van der Waals surface area contributed by atoms with Gasteiger partial charge in [-0.1, -0.05) is 50.0 Å². The van der Waals surface area contributed by atoms with E-state index in [0.29, 0.717) is 0 Å². The van der Waals surface area contributed by atoms with E-state index in [9.17, 15) is 0 Å². The third-order valence-corrected chi connectivity index (χ3v) is 3.64. The quantitative estimate of drug-likeness (QED) is 0.450. The molecule has 0 aliphatic rings. The van der Waals surface area contributed by atoms with Crippen LogP contribution in [0.4, 0.5) is 0 Å². The number of aryl methyl sites for hydroxylation is 1. The van der Waals surface area contributed by atoms with Crippen molar-refractivity contribution in [2.45, 2.75) is 26.2 Å². The maximum absolute atomic E-state index is 3.41. The highest BCUT2D eigenvalue weighted by Gasteiger charge is 2.11. The van der Waals surface area contributed by atoms with Crippen LogP contribution in [-0.4, -0.2) is 12.6 Å². The molecule has 1 aromatic carbocycles. The Bertz CT molecular complexity index is 610. The number of aromatic nitrogens is 2. The lowest BCUT2D eigenvalue weighted by Gasteiger charge is -2.02. The predicted molar refractivity (Wildman–Crippen MR) is 81.4 cm³/mol. The number of benzene rings is 1. The van der Waals surface area contributed by atoms with Gasteiger partial charge in [0, 0.05) is 0 Å². The number of hydrogen-bond donors (Lipinski definition) is 0. The average molecular weight is 269 g/mol. The molecule has 0 aliphatic carbocycles. The number of nitrogens with zero attached hydrogens (tertiary/aromatic N) is 2. The van der Waals surface area contributed by atoms with E-state index in [1.807, 2.05) is 6.07 Å². The zero-order valence-corrected chi connectivity index (χ0v) is 13.1. The molecule has 0 N–H and O–H groups in total. The first-order chi connectivity index (χ1) is 8.94. The molecule has 2 aromatic rings. The Morgan fingerprint density at radius 3 is 2.47 bits per heavy atom. The minimum absolute atomic E-state index is 0.892. The second-order valence-electron chi connectivity index (χ2n) is 5.90. The van der Waals surface area contributed by atoms with E-state index in [2.05, 4.69) is 84.1 Å². The summed E-state index contributed by atoms with van der Waals surface area (Å²) in [4.78, 5) is 0. The van der Waals surface area contributed by atoms with Gasteiger partial charge in [-0.2, -0.15) is 0 Å². The fraction of sp³-hybridized carbons (Fsp3) is 0.312. The van der Waals surface area contributed by atoms with Gasteiger partial charge in [-0.3, -0.25) is 0 Å². The predicted octanol–water partition coefficient (Wildman–Crippen LogP) is 2.59. The molecular weight excluding hydrogens is 248 g/mol. The van der Waals surface area contributed by atoms with Gasteiger partial charge in [0.15, 0.2) is 0 Å². The molecule has 0 spiro atoms. The van der Waals surface area contributed by atoms with Crippen LogP contribution in [0.3, 0.4) is 0 Å². The van der Waals surface area contributed by atoms with Gasteiger partial charge in [-0.15, -0.1) is 5.54 Å². The first-order valence-corrected chi connectivity index (χ1v) is 10.1. The van der Waals surface area contributed by atoms with Gasteiger partial charge < -0.3 is 0 Å². The maximum atomic E-state index is 3.41. The third-order valence-electron chi connectivity index (χ3n) is 2.76. The fourth-order valence-corrected chi connectivity index (χ4v) is 2.32. The molecule has 0 aliphatic heterocycles. The van der Waals surface area contributed by atoms with Gasteiger partial charge in [0.2, 0.25) is 12.0 Å². The maximum Gasteiger partial charge on any atom is 0.244 e. The van der Waals surface area contributed by atoms with E-state index in [4.69, 9.17) is 0 Å². The smallest absolute Gasteiger partial charge is 0.231 e. The fourth-order valence-electron chi connectivity index (χ4n) is 1.82. The summed E-state index contributed by atoms with van der Waals surface area (Å²) in [6.45, 7) is 7.69. The van der Waals surface area contributed by atoms with E-state index in [1.165, 1.54) is 5.56 Å². The van der Waals surface area contributed by atoms with Gasteiger partial charge in [0.25, 0.3) is 0 Å². The van der Waals surface area contributed by atoms with Crippen molar-refractivity contribution in [1.82, 2.24) is 4.57 Å². The van der Waals surface area contributed by atoms with E-state index >= 15 is 0 Å². The largest absolute Gasteiger partial charge is 0.244 e. The standard InChI is InChI=1S/C16H21N2Si/c1-17-14-18(12-15-8-6-5-7-9-15)13-16(17)10-11-19(2,3)4/h5-9,13-14H,12H2,1-4H3/q+1. The van der Waals surface area contributed by atoms with Crippen LogP contribution in [0.2, 0.25) is 19.6 Å². The molecule has 0 saturated heterocycles. The number of hydrogen-bond acceptors (Lipinski definition) is 0. The van der Waals surface area contributed by atoms with E-state index in [0.717, 1.165) is 12.2 Å². The summed E-state index contributed by atoms with van der Waals surface area (Å²) in [6.07, 6.45) is 4.22. The Kier molecular flexibility index (Phi) is 3.92. The third kappa shape index (κ3) is 4.11. The second-order valence-corrected chi connectivity index (χ2v) is 10.6. The molecule has 0 fully saturated rings. The van der Waals surface area contributed by atoms with Crippen LogP contribution in [0.15, 0.2) is 42.9 Å². The molecule has 19 heavy (non-hydrogen) atoms. The molecule has 0 amide bonds. The van der Waals surface area contributed by atoms with Crippen molar-refractivity contribution in [2.24, 2.45) is 7.05 Å². The van der Waals surface area contributed by atoms with Crippen molar-refractivity contribution in [3.05, 3.63) is 54.1 Å². The highest BCUT2D eigenvalue weighted by Crippen LogP contribution is 2.01. The van der Waals surface area contributed by atoms with Gasteiger partial charge in [0.1, 0.15) is 20.8 Å². The Balaban J connectivity index is 2.19. The first-order valence-electron chi connectivity index (χ1n) is 6.56. The molecule has 0 atom stereocenters. The number of imidazole rings is 1. The van der Waals surface area contributed by atoms with Crippen LogP contribution < -0.4 is 4.57 Å². The van der Waals surface area contributed by atoms with Gasteiger partial charge >= 0.3 is 0 Å². The van der Waals surface area contributed by atoms with Crippen LogP contribution >= 0.6 is 0 Å². The summed E-state index contributed by atoms with van der Waals surface area (Å²) >= 11 is 0. The first kappa shape index (κ1) is 13.6. The summed E-state index contributed by atoms with van der Waals surface area (Å²) in [6, 6.07) is 10.5. The van der Waals surface area contributed by atoms with E-state index < -0.39 is 8.07 Å². The summed E-state index contributed by atoms with van der Waals surface area (Å²) in [7, 11) is 0.740. The Morgan fingerprint density at radius 2 is 1.84 bits per heavy atom. The zero-order valence-electron chi connectivity index (χ0n) is 12.1. The summed E-state index contributed by atoms with van der Waals surface area (Å²) in [5, 5.41) is 0. The van der Waals surface area contributed by atoms with Gasteiger partial charge in [-0.25, -0.2) is 9.13 Å². The Morgan fingerprint density at radius 1 is 1.16 bits per heavy atom. The lowest BCUT2D eigenvalue weighted by atomic mass is 10.2. The molecule has 3 heteroatoms. The van der Waals surface area contributed by atoms with Crippen LogP contribution in [0.1, 0.15) is 11.3 Å². The highest BCUT2D eigenvalue weighted by atomic mass is 28.3. The molecule has 1 heterocycles. The minimum atomic E-state index is -1.31. The second kappa shape index (κ2) is 5.46. The topological polar surface area (TPSA) is 8.81 Å². The molecule has 0 bridgehead atoms. The van der Waals surface area contributed by atoms with Crippen molar-refractivity contribution in [3.63, 3.8) is 0 Å².